The molecule has 2 atom stereocenters. The maximum absolute atomic E-state index is 13.0. The predicted molar refractivity (Wildman–Crippen MR) is 99.2 cm³/mol. The summed E-state index contributed by atoms with van der Waals surface area (Å²) in [5, 5.41) is 9.73. The van der Waals surface area contributed by atoms with E-state index in [9.17, 15) is 9.90 Å². The number of phenols is 1. The fraction of sp³-hybridized carbons (Fsp3) is 0.381. The zero-order valence-corrected chi connectivity index (χ0v) is 15.0. The highest BCUT2D eigenvalue weighted by Gasteiger charge is 2.37. The molecule has 0 saturated carbocycles. The van der Waals surface area contributed by atoms with Crippen molar-refractivity contribution < 1.29 is 14.6 Å². The first-order valence-electron chi connectivity index (χ1n) is 9.11. The van der Waals surface area contributed by atoms with Gasteiger partial charge in [-0.2, -0.15) is 0 Å². The molecule has 2 aliphatic rings. The summed E-state index contributed by atoms with van der Waals surface area (Å²) >= 11 is 0. The highest BCUT2D eigenvalue weighted by molar-refractivity contribution is 5.96. The van der Waals surface area contributed by atoms with Crippen molar-refractivity contribution in [2.45, 2.75) is 19.0 Å². The number of amides is 1. The van der Waals surface area contributed by atoms with Crippen LogP contribution in [0.1, 0.15) is 27.5 Å². The SMILES string of the molecule is Cc1ccc(O)cc1C(=O)N1CCN2[C@@H](COC[C@@H]2c2ccccc2)C1. The summed E-state index contributed by atoms with van der Waals surface area (Å²) < 4.78 is 5.86. The maximum Gasteiger partial charge on any atom is 0.254 e. The van der Waals surface area contributed by atoms with Crippen LogP contribution in [-0.4, -0.2) is 59.7 Å². The smallest absolute Gasteiger partial charge is 0.254 e. The molecule has 1 N–H and O–H groups in total. The van der Waals surface area contributed by atoms with Crippen LogP contribution in [-0.2, 0) is 4.74 Å². The first-order chi connectivity index (χ1) is 12.6. The lowest BCUT2D eigenvalue weighted by molar-refractivity contribution is -0.0770. The number of nitrogens with zero attached hydrogens (tertiary/aromatic N) is 2. The van der Waals surface area contributed by atoms with Gasteiger partial charge in [0.1, 0.15) is 5.75 Å². The Labute approximate surface area is 153 Å². The average Bonchev–Trinajstić information content (AvgIpc) is 2.69. The molecule has 2 heterocycles. The highest BCUT2D eigenvalue weighted by Crippen LogP contribution is 2.30. The van der Waals surface area contributed by atoms with Crippen LogP contribution in [0, 0.1) is 6.92 Å². The molecule has 26 heavy (non-hydrogen) atoms. The predicted octanol–water partition coefficient (Wildman–Crippen LogP) is 2.60. The minimum Gasteiger partial charge on any atom is -0.508 e. The van der Waals surface area contributed by atoms with Gasteiger partial charge in [-0.3, -0.25) is 9.69 Å². The van der Waals surface area contributed by atoms with Crippen LogP contribution in [0.2, 0.25) is 0 Å². The third-order valence-electron chi connectivity index (χ3n) is 5.44. The van der Waals surface area contributed by atoms with Gasteiger partial charge in [-0.05, 0) is 30.2 Å². The fourth-order valence-electron chi connectivity index (χ4n) is 4.00. The van der Waals surface area contributed by atoms with Gasteiger partial charge in [0.2, 0.25) is 0 Å². The lowest BCUT2D eigenvalue weighted by Gasteiger charge is -2.48. The number of phenolic OH excluding ortho intramolecular Hbond substituents is 1. The number of hydrogen-bond acceptors (Lipinski definition) is 4. The fourth-order valence-corrected chi connectivity index (χ4v) is 4.00. The number of aryl methyl sites for hydroxylation is 1. The second kappa shape index (κ2) is 7.09. The zero-order chi connectivity index (χ0) is 18.1. The van der Waals surface area contributed by atoms with E-state index in [1.165, 1.54) is 5.56 Å². The number of piperazine rings is 1. The number of fused-ring (bicyclic) bond motifs is 1. The number of morpholine rings is 1. The van der Waals surface area contributed by atoms with E-state index in [-0.39, 0.29) is 23.7 Å². The number of rotatable bonds is 2. The summed E-state index contributed by atoms with van der Waals surface area (Å²) in [6, 6.07) is 15.8. The minimum atomic E-state index is -0.0140. The molecule has 0 spiro atoms. The van der Waals surface area contributed by atoms with E-state index in [1.54, 1.807) is 18.2 Å². The Bertz CT molecular complexity index is 793. The van der Waals surface area contributed by atoms with E-state index < -0.39 is 0 Å². The highest BCUT2D eigenvalue weighted by atomic mass is 16.5. The Kier molecular flexibility index (Phi) is 4.66. The summed E-state index contributed by atoms with van der Waals surface area (Å²) in [7, 11) is 0. The Morgan fingerprint density at radius 2 is 1.92 bits per heavy atom. The van der Waals surface area contributed by atoms with Gasteiger partial charge in [-0.15, -0.1) is 0 Å². The second-order valence-electron chi connectivity index (χ2n) is 7.11. The molecule has 5 heteroatoms. The van der Waals surface area contributed by atoms with E-state index in [0.29, 0.717) is 31.9 Å². The topological polar surface area (TPSA) is 53.0 Å². The van der Waals surface area contributed by atoms with Crippen molar-refractivity contribution in [2.75, 3.05) is 32.8 Å². The number of ether oxygens (including phenoxy) is 1. The molecule has 0 aromatic heterocycles. The molecule has 5 nitrogen and oxygen atoms in total. The van der Waals surface area contributed by atoms with Crippen LogP contribution in [0.15, 0.2) is 48.5 Å². The summed E-state index contributed by atoms with van der Waals surface area (Å²) in [5.41, 5.74) is 2.73. The van der Waals surface area contributed by atoms with E-state index >= 15 is 0 Å². The van der Waals surface area contributed by atoms with Gasteiger partial charge in [-0.25, -0.2) is 0 Å². The van der Waals surface area contributed by atoms with E-state index in [0.717, 1.165) is 12.1 Å². The largest absolute Gasteiger partial charge is 0.508 e. The Balaban J connectivity index is 1.51. The van der Waals surface area contributed by atoms with Crippen molar-refractivity contribution in [1.29, 1.82) is 0 Å². The molecule has 1 amide bonds. The number of hydrogen-bond donors (Lipinski definition) is 1. The molecule has 136 valence electrons. The van der Waals surface area contributed by atoms with Crippen molar-refractivity contribution in [3.05, 3.63) is 65.2 Å². The first-order valence-corrected chi connectivity index (χ1v) is 9.11. The van der Waals surface area contributed by atoms with Crippen molar-refractivity contribution in [2.24, 2.45) is 0 Å². The van der Waals surface area contributed by atoms with Gasteiger partial charge in [0.25, 0.3) is 5.91 Å². The summed E-state index contributed by atoms with van der Waals surface area (Å²) in [6.07, 6.45) is 0. The van der Waals surface area contributed by atoms with Crippen LogP contribution in [0.4, 0.5) is 0 Å². The van der Waals surface area contributed by atoms with E-state index in [1.807, 2.05) is 17.9 Å². The molecule has 0 bridgehead atoms. The van der Waals surface area contributed by atoms with Crippen LogP contribution in [0.3, 0.4) is 0 Å². The third-order valence-corrected chi connectivity index (χ3v) is 5.44. The molecule has 0 unspecified atom stereocenters. The Morgan fingerprint density at radius 1 is 1.12 bits per heavy atom. The summed E-state index contributed by atoms with van der Waals surface area (Å²) in [5.74, 6) is 0.114. The Hall–Kier alpha value is -2.37. The van der Waals surface area contributed by atoms with Crippen molar-refractivity contribution in [3.8, 4) is 5.75 Å². The average molecular weight is 352 g/mol. The van der Waals surface area contributed by atoms with Gasteiger partial charge in [0.15, 0.2) is 0 Å². The number of carbonyl (C=O) groups is 1. The molecule has 4 rings (SSSR count). The van der Waals surface area contributed by atoms with Gasteiger partial charge < -0.3 is 14.7 Å². The Morgan fingerprint density at radius 3 is 2.73 bits per heavy atom. The van der Waals surface area contributed by atoms with E-state index in [2.05, 4.69) is 29.2 Å². The quantitative estimate of drug-likeness (QED) is 0.903. The maximum atomic E-state index is 13.0. The van der Waals surface area contributed by atoms with Crippen LogP contribution in [0.5, 0.6) is 5.75 Å². The molecule has 2 fully saturated rings. The number of aromatic hydroxyl groups is 1. The molecular formula is C21H24N2O3. The van der Waals surface area contributed by atoms with Gasteiger partial charge >= 0.3 is 0 Å². The molecule has 2 aromatic rings. The lowest BCUT2D eigenvalue weighted by Crippen LogP contribution is -2.60. The summed E-state index contributed by atoms with van der Waals surface area (Å²) in [4.78, 5) is 17.3. The normalized spacial score (nSPS) is 23.5. The van der Waals surface area contributed by atoms with Crippen molar-refractivity contribution in [3.63, 3.8) is 0 Å². The molecule has 0 aliphatic carbocycles. The van der Waals surface area contributed by atoms with Crippen LogP contribution >= 0.6 is 0 Å². The van der Waals surface area contributed by atoms with Gasteiger partial charge in [-0.1, -0.05) is 36.4 Å². The number of benzene rings is 2. The molecule has 2 aliphatic heterocycles. The third kappa shape index (κ3) is 3.20. The van der Waals surface area contributed by atoms with Crippen LogP contribution < -0.4 is 0 Å². The standard InChI is InChI=1S/C21H24N2O3/c1-15-7-8-18(24)11-19(15)21(25)22-9-10-23-17(12-22)13-26-14-20(23)16-5-3-2-4-6-16/h2-8,11,17,20,24H,9-10,12-14H2,1H3/t17-,20-/m1/s1. The van der Waals surface area contributed by atoms with Crippen LogP contribution in [0.25, 0.3) is 0 Å². The van der Waals surface area contributed by atoms with Crippen molar-refractivity contribution >= 4 is 5.91 Å². The minimum absolute atomic E-state index is 0.0140. The van der Waals surface area contributed by atoms with E-state index in [4.69, 9.17) is 4.74 Å². The second-order valence-corrected chi connectivity index (χ2v) is 7.11. The zero-order valence-electron chi connectivity index (χ0n) is 15.0. The first kappa shape index (κ1) is 17.1. The van der Waals surface area contributed by atoms with Crippen molar-refractivity contribution in [1.82, 2.24) is 9.80 Å². The monoisotopic (exact) mass is 352 g/mol. The molecule has 2 saturated heterocycles. The van der Waals surface area contributed by atoms with Gasteiger partial charge in [0, 0.05) is 25.2 Å². The summed E-state index contributed by atoms with van der Waals surface area (Å²) in [6.45, 7) is 5.41. The lowest BCUT2D eigenvalue weighted by atomic mass is 9.99. The molecule has 2 aromatic carbocycles. The van der Waals surface area contributed by atoms with Gasteiger partial charge in [0.05, 0.1) is 25.3 Å². The number of carbonyl (C=O) groups excluding carboxylic acids is 1. The molecular weight excluding hydrogens is 328 g/mol. The molecule has 0 radical (unpaired) electrons.